The van der Waals surface area contributed by atoms with E-state index < -0.39 is 5.60 Å². The van der Waals surface area contributed by atoms with Crippen LogP contribution in [-0.2, 0) is 5.60 Å². The van der Waals surface area contributed by atoms with Crippen LogP contribution in [0.25, 0.3) is 0 Å². The highest BCUT2D eigenvalue weighted by molar-refractivity contribution is 5.32. The first kappa shape index (κ1) is 11.2. The van der Waals surface area contributed by atoms with Gasteiger partial charge in [-0.05, 0) is 43.9 Å². The first-order chi connectivity index (χ1) is 8.09. The third-order valence-corrected chi connectivity index (χ3v) is 4.75. The number of piperidine rings is 1. The number of aliphatic hydroxyl groups is 1. The smallest absolute Gasteiger partial charge is 0.0914 e. The zero-order valence-corrected chi connectivity index (χ0v) is 10.7. The number of fused-ring (bicyclic) bond motifs is 2. The highest BCUT2D eigenvalue weighted by Crippen LogP contribution is 2.44. The van der Waals surface area contributed by atoms with E-state index in [-0.39, 0.29) is 0 Å². The number of benzene rings is 1. The Morgan fingerprint density at radius 2 is 2.06 bits per heavy atom. The minimum absolute atomic E-state index is 0.400. The lowest BCUT2D eigenvalue weighted by Crippen LogP contribution is -2.40. The van der Waals surface area contributed by atoms with Crippen LogP contribution in [0.4, 0.5) is 0 Å². The third-order valence-electron chi connectivity index (χ3n) is 4.75. The summed E-state index contributed by atoms with van der Waals surface area (Å²) in [5.74, 6) is 1.09. The first-order valence-corrected chi connectivity index (χ1v) is 6.60. The minimum Gasteiger partial charge on any atom is -0.385 e. The minimum atomic E-state index is -0.675. The van der Waals surface area contributed by atoms with Crippen molar-refractivity contribution in [1.29, 1.82) is 0 Å². The van der Waals surface area contributed by atoms with E-state index in [9.17, 15) is 5.11 Å². The number of hydrogen-bond acceptors (Lipinski definition) is 2. The van der Waals surface area contributed by atoms with Crippen molar-refractivity contribution in [3.05, 3.63) is 35.4 Å². The molecule has 2 aliphatic heterocycles. The van der Waals surface area contributed by atoms with Crippen LogP contribution in [0.15, 0.2) is 24.3 Å². The van der Waals surface area contributed by atoms with E-state index in [0.29, 0.717) is 11.8 Å². The van der Waals surface area contributed by atoms with Crippen molar-refractivity contribution in [1.82, 2.24) is 4.90 Å². The second kappa shape index (κ2) is 3.82. The quantitative estimate of drug-likeness (QED) is 0.843. The molecule has 2 nitrogen and oxygen atoms in total. The van der Waals surface area contributed by atoms with Crippen LogP contribution >= 0.6 is 0 Å². The van der Waals surface area contributed by atoms with Gasteiger partial charge in [-0.3, -0.25) is 0 Å². The molecule has 0 radical (unpaired) electrons. The Bertz CT molecular complexity index is 427. The summed E-state index contributed by atoms with van der Waals surface area (Å²) in [4.78, 5) is 2.49. The summed E-state index contributed by atoms with van der Waals surface area (Å²) in [5.41, 5.74) is 1.64. The van der Waals surface area contributed by atoms with Crippen LogP contribution in [0.5, 0.6) is 0 Å². The van der Waals surface area contributed by atoms with Gasteiger partial charge >= 0.3 is 0 Å². The average molecular weight is 231 g/mol. The molecule has 0 spiro atoms. The van der Waals surface area contributed by atoms with Crippen LogP contribution in [-0.4, -0.2) is 29.6 Å². The van der Waals surface area contributed by atoms with Gasteiger partial charge in [0.1, 0.15) is 0 Å². The molecule has 2 aliphatic rings. The van der Waals surface area contributed by atoms with Gasteiger partial charge in [0.15, 0.2) is 0 Å². The van der Waals surface area contributed by atoms with Gasteiger partial charge in [-0.25, -0.2) is 0 Å². The number of aryl methyl sites for hydroxylation is 1. The highest BCUT2D eigenvalue weighted by Gasteiger charge is 2.47. The lowest BCUT2D eigenvalue weighted by molar-refractivity contribution is -0.0260. The van der Waals surface area contributed by atoms with Crippen LogP contribution in [0.3, 0.4) is 0 Å². The third kappa shape index (κ3) is 1.71. The zero-order chi connectivity index (χ0) is 12.0. The van der Waals surface area contributed by atoms with Gasteiger partial charge in [-0.2, -0.15) is 0 Å². The fourth-order valence-electron chi connectivity index (χ4n) is 3.76. The molecule has 0 aromatic heterocycles. The molecular formula is C15H21NO. The fraction of sp³-hybridized carbons (Fsp3) is 0.600. The van der Waals surface area contributed by atoms with E-state index in [2.05, 4.69) is 24.0 Å². The molecule has 2 saturated heterocycles. The maximum absolute atomic E-state index is 11.0. The lowest BCUT2D eigenvalue weighted by Gasteiger charge is -2.37. The Labute approximate surface area is 103 Å². The molecule has 0 amide bonds. The summed E-state index contributed by atoms with van der Waals surface area (Å²) in [6.45, 7) is 7.57. The molecule has 92 valence electrons. The molecule has 17 heavy (non-hydrogen) atoms. The Kier molecular flexibility index (Phi) is 2.53. The van der Waals surface area contributed by atoms with Gasteiger partial charge in [-0.1, -0.05) is 24.3 Å². The molecule has 0 saturated carbocycles. The molecule has 2 bridgehead atoms. The van der Waals surface area contributed by atoms with Crippen molar-refractivity contribution in [3.8, 4) is 0 Å². The van der Waals surface area contributed by atoms with E-state index >= 15 is 0 Å². The summed E-state index contributed by atoms with van der Waals surface area (Å²) >= 11 is 0. The highest BCUT2D eigenvalue weighted by atomic mass is 16.3. The van der Waals surface area contributed by atoms with Crippen molar-refractivity contribution < 1.29 is 5.11 Å². The summed E-state index contributed by atoms with van der Waals surface area (Å²) in [7, 11) is 0. The van der Waals surface area contributed by atoms with Gasteiger partial charge in [-0.15, -0.1) is 0 Å². The van der Waals surface area contributed by atoms with E-state index in [4.69, 9.17) is 0 Å². The van der Waals surface area contributed by atoms with Crippen LogP contribution in [0, 0.1) is 18.8 Å². The number of nitrogens with zero attached hydrogens (tertiary/aromatic N) is 1. The molecule has 1 aromatic carbocycles. The maximum atomic E-state index is 11.0. The molecule has 2 heteroatoms. The molecule has 0 aliphatic carbocycles. The maximum Gasteiger partial charge on any atom is 0.0914 e. The average Bonchev–Trinajstić information content (AvgIpc) is 2.91. The summed E-state index contributed by atoms with van der Waals surface area (Å²) in [6, 6.07) is 8.25. The lowest BCUT2D eigenvalue weighted by atomic mass is 9.74. The van der Waals surface area contributed by atoms with Gasteiger partial charge in [0, 0.05) is 19.0 Å². The molecule has 3 rings (SSSR count). The van der Waals surface area contributed by atoms with Crippen LogP contribution in [0.1, 0.15) is 24.5 Å². The fourth-order valence-corrected chi connectivity index (χ4v) is 3.76. The normalized spacial score (nSPS) is 34.9. The van der Waals surface area contributed by atoms with E-state index in [1.165, 1.54) is 25.1 Å². The molecule has 2 heterocycles. The predicted octanol–water partition coefficient (Wildman–Crippen LogP) is 2.15. The van der Waals surface area contributed by atoms with E-state index in [0.717, 1.165) is 12.1 Å². The van der Waals surface area contributed by atoms with E-state index in [1.54, 1.807) is 0 Å². The Hall–Kier alpha value is -0.860. The van der Waals surface area contributed by atoms with Crippen molar-refractivity contribution in [2.45, 2.75) is 25.9 Å². The van der Waals surface area contributed by atoms with Gasteiger partial charge < -0.3 is 10.0 Å². The van der Waals surface area contributed by atoms with Gasteiger partial charge in [0.25, 0.3) is 0 Å². The standard InChI is InChI=1S/C15H21NO/c1-11-5-3-4-6-13(11)15(2,17)14-10-16-8-7-12(14)9-16/h3-6,12,14,17H,7-10H2,1-2H3. The van der Waals surface area contributed by atoms with Crippen molar-refractivity contribution in [2.24, 2.45) is 11.8 Å². The predicted molar refractivity (Wildman–Crippen MR) is 68.8 cm³/mol. The van der Waals surface area contributed by atoms with E-state index in [1.807, 2.05) is 19.1 Å². The second-order valence-electron chi connectivity index (χ2n) is 5.88. The number of hydrogen-bond donors (Lipinski definition) is 1. The van der Waals surface area contributed by atoms with Crippen LogP contribution < -0.4 is 0 Å². The largest absolute Gasteiger partial charge is 0.385 e. The molecule has 1 N–H and O–H groups in total. The molecule has 4 atom stereocenters. The molecule has 1 aromatic rings. The number of rotatable bonds is 2. The Morgan fingerprint density at radius 3 is 2.65 bits per heavy atom. The Balaban J connectivity index is 1.93. The van der Waals surface area contributed by atoms with Crippen molar-refractivity contribution in [3.63, 3.8) is 0 Å². The summed E-state index contributed by atoms with van der Waals surface area (Å²) in [5, 5.41) is 11.0. The topological polar surface area (TPSA) is 23.5 Å². The molecule has 2 fully saturated rings. The van der Waals surface area contributed by atoms with Gasteiger partial charge in [0.2, 0.25) is 0 Å². The Morgan fingerprint density at radius 1 is 1.29 bits per heavy atom. The summed E-state index contributed by atoms with van der Waals surface area (Å²) < 4.78 is 0. The molecule has 4 unspecified atom stereocenters. The molecular weight excluding hydrogens is 210 g/mol. The SMILES string of the molecule is Cc1ccccc1C(C)(O)C1CN2CCC1C2. The van der Waals surface area contributed by atoms with Crippen molar-refractivity contribution in [2.75, 3.05) is 19.6 Å². The van der Waals surface area contributed by atoms with Gasteiger partial charge in [0.05, 0.1) is 5.60 Å². The summed E-state index contributed by atoms with van der Waals surface area (Å²) in [6.07, 6.45) is 1.26. The van der Waals surface area contributed by atoms with Crippen molar-refractivity contribution >= 4 is 0 Å². The van der Waals surface area contributed by atoms with Crippen LogP contribution in [0.2, 0.25) is 0 Å². The first-order valence-electron chi connectivity index (χ1n) is 6.60. The zero-order valence-electron chi connectivity index (χ0n) is 10.7. The second-order valence-corrected chi connectivity index (χ2v) is 5.88. The monoisotopic (exact) mass is 231 g/mol.